The third kappa shape index (κ3) is 5.45. The van der Waals surface area contributed by atoms with E-state index in [0.29, 0.717) is 45.1 Å². The van der Waals surface area contributed by atoms with Crippen LogP contribution in [0.3, 0.4) is 0 Å². The average Bonchev–Trinajstić information content (AvgIpc) is 3.23. The molecule has 2 heterocycles. The summed E-state index contributed by atoms with van der Waals surface area (Å²) < 4.78 is 38.2. The van der Waals surface area contributed by atoms with Crippen molar-refractivity contribution in [3.8, 4) is 0 Å². The van der Waals surface area contributed by atoms with Crippen LogP contribution < -0.4 is 10.2 Å². The summed E-state index contributed by atoms with van der Waals surface area (Å²) in [6, 6.07) is 7.29. The molecule has 0 atom stereocenters. The first-order valence-corrected chi connectivity index (χ1v) is 9.43. The number of hydrogen-bond acceptors (Lipinski definition) is 4. The first kappa shape index (κ1) is 20.1. The lowest BCUT2D eigenvalue weighted by atomic mass is 10.2. The standard InChI is InChI=1S/C20H26F2N4O2/c1-23-20(24-7-3-12-27-15-17-4-2-13-28-17)26-10-8-25(9-11-26)19-14-16(21)5-6-18(19)22/h2,4-6,13-14H,3,7-12,15H2,1H3,(H,23,24). The van der Waals surface area contributed by atoms with E-state index in [1.54, 1.807) is 13.3 Å². The van der Waals surface area contributed by atoms with Crippen molar-refractivity contribution >= 4 is 11.6 Å². The van der Waals surface area contributed by atoms with Crippen LogP contribution >= 0.6 is 0 Å². The molecule has 0 radical (unpaired) electrons. The Bertz CT molecular complexity index is 760. The van der Waals surface area contributed by atoms with Crippen LogP contribution in [0.1, 0.15) is 12.2 Å². The van der Waals surface area contributed by atoms with E-state index in [9.17, 15) is 8.78 Å². The summed E-state index contributed by atoms with van der Waals surface area (Å²) in [5.74, 6) is 0.805. The number of ether oxygens (including phenoxy) is 1. The molecule has 0 saturated carbocycles. The molecule has 1 aromatic heterocycles. The Kier molecular flexibility index (Phi) is 7.25. The molecule has 0 aliphatic carbocycles. The minimum absolute atomic E-state index is 0.316. The Morgan fingerprint density at radius 3 is 2.75 bits per heavy atom. The molecule has 0 unspecified atom stereocenters. The van der Waals surface area contributed by atoms with Crippen molar-refractivity contribution in [3.63, 3.8) is 0 Å². The summed E-state index contributed by atoms with van der Waals surface area (Å²) in [6.07, 6.45) is 2.47. The van der Waals surface area contributed by atoms with Crippen LogP contribution in [0.15, 0.2) is 46.0 Å². The van der Waals surface area contributed by atoms with Crippen LogP contribution in [-0.2, 0) is 11.3 Å². The number of rotatable bonds is 7. The van der Waals surface area contributed by atoms with Crippen molar-refractivity contribution in [2.24, 2.45) is 4.99 Å². The lowest BCUT2D eigenvalue weighted by Gasteiger charge is -2.37. The second-order valence-electron chi connectivity index (χ2n) is 6.53. The zero-order chi connectivity index (χ0) is 19.8. The Morgan fingerprint density at radius 1 is 1.21 bits per heavy atom. The van der Waals surface area contributed by atoms with Gasteiger partial charge >= 0.3 is 0 Å². The Hall–Kier alpha value is -2.61. The number of piperazine rings is 1. The molecule has 1 fully saturated rings. The molecule has 0 amide bonds. The predicted octanol–water partition coefficient (Wildman–Crippen LogP) is 2.86. The lowest BCUT2D eigenvalue weighted by Crippen LogP contribution is -2.52. The van der Waals surface area contributed by atoms with Gasteiger partial charge in [-0.15, -0.1) is 0 Å². The predicted molar refractivity (Wildman–Crippen MR) is 104 cm³/mol. The summed E-state index contributed by atoms with van der Waals surface area (Å²) in [5, 5.41) is 3.33. The molecule has 1 saturated heterocycles. The zero-order valence-electron chi connectivity index (χ0n) is 16.0. The van der Waals surface area contributed by atoms with Gasteiger partial charge in [0, 0.05) is 52.4 Å². The molecule has 6 nitrogen and oxygen atoms in total. The van der Waals surface area contributed by atoms with Crippen LogP contribution in [0.2, 0.25) is 0 Å². The molecular weight excluding hydrogens is 366 g/mol. The van der Waals surface area contributed by atoms with Gasteiger partial charge in [0.05, 0.1) is 12.0 Å². The summed E-state index contributed by atoms with van der Waals surface area (Å²) >= 11 is 0. The van der Waals surface area contributed by atoms with E-state index in [2.05, 4.69) is 15.2 Å². The Labute approximate surface area is 163 Å². The third-order valence-corrected chi connectivity index (χ3v) is 4.61. The molecule has 0 spiro atoms. The van der Waals surface area contributed by atoms with E-state index in [0.717, 1.165) is 30.8 Å². The van der Waals surface area contributed by atoms with Gasteiger partial charge in [0.2, 0.25) is 0 Å². The van der Waals surface area contributed by atoms with Crippen molar-refractivity contribution in [1.82, 2.24) is 10.2 Å². The fraction of sp³-hybridized carbons (Fsp3) is 0.450. The molecule has 2 aromatic rings. The highest BCUT2D eigenvalue weighted by atomic mass is 19.1. The maximum Gasteiger partial charge on any atom is 0.193 e. The molecule has 0 bridgehead atoms. The second-order valence-corrected chi connectivity index (χ2v) is 6.53. The van der Waals surface area contributed by atoms with Gasteiger partial charge < -0.3 is 24.3 Å². The quantitative estimate of drug-likeness (QED) is 0.446. The molecule has 3 rings (SSSR count). The molecule has 1 N–H and O–H groups in total. The lowest BCUT2D eigenvalue weighted by molar-refractivity contribution is 0.104. The molecule has 8 heteroatoms. The summed E-state index contributed by atoms with van der Waals surface area (Å²) in [4.78, 5) is 8.31. The van der Waals surface area contributed by atoms with Gasteiger partial charge in [-0.05, 0) is 30.7 Å². The summed E-state index contributed by atoms with van der Waals surface area (Å²) in [6.45, 7) is 4.41. The van der Waals surface area contributed by atoms with Crippen molar-refractivity contribution in [1.29, 1.82) is 0 Å². The first-order valence-electron chi connectivity index (χ1n) is 9.43. The van der Waals surface area contributed by atoms with Gasteiger partial charge in [-0.25, -0.2) is 8.78 Å². The molecule has 1 aliphatic heterocycles. The van der Waals surface area contributed by atoms with E-state index in [1.165, 1.54) is 12.1 Å². The highest BCUT2D eigenvalue weighted by molar-refractivity contribution is 5.80. The molecular formula is C20H26F2N4O2. The SMILES string of the molecule is CN=C(NCCCOCc1ccco1)N1CCN(c2cc(F)ccc2F)CC1. The van der Waals surface area contributed by atoms with E-state index < -0.39 is 11.6 Å². The number of furan rings is 1. The van der Waals surface area contributed by atoms with E-state index in [4.69, 9.17) is 9.15 Å². The first-order chi connectivity index (χ1) is 13.7. The van der Waals surface area contributed by atoms with Crippen LogP contribution in [0.4, 0.5) is 14.5 Å². The number of halogens is 2. The average molecular weight is 392 g/mol. The van der Waals surface area contributed by atoms with Gasteiger partial charge in [-0.1, -0.05) is 0 Å². The number of hydrogen-bond donors (Lipinski definition) is 1. The number of guanidine groups is 1. The largest absolute Gasteiger partial charge is 0.467 e. The highest BCUT2D eigenvalue weighted by Crippen LogP contribution is 2.21. The molecule has 1 aromatic carbocycles. The van der Waals surface area contributed by atoms with Crippen LogP contribution in [0.25, 0.3) is 0 Å². The van der Waals surface area contributed by atoms with E-state index >= 15 is 0 Å². The molecule has 28 heavy (non-hydrogen) atoms. The maximum atomic E-state index is 14.0. The minimum Gasteiger partial charge on any atom is -0.467 e. The topological polar surface area (TPSA) is 53.2 Å². The number of benzene rings is 1. The van der Waals surface area contributed by atoms with E-state index in [1.807, 2.05) is 17.0 Å². The van der Waals surface area contributed by atoms with Gasteiger partial charge in [0.25, 0.3) is 0 Å². The van der Waals surface area contributed by atoms with E-state index in [-0.39, 0.29) is 0 Å². The van der Waals surface area contributed by atoms with Gasteiger partial charge in [0.15, 0.2) is 5.96 Å². The van der Waals surface area contributed by atoms with Crippen LogP contribution in [-0.4, -0.2) is 57.2 Å². The second kappa shape index (κ2) is 10.1. The van der Waals surface area contributed by atoms with Crippen molar-refractivity contribution in [3.05, 3.63) is 54.0 Å². The zero-order valence-corrected chi connectivity index (χ0v) is 16.0. The van der Waals surface area contributed by atoms with Crippen LogP contribution in [0.5, 0.6) is 0 Å². The maximum absolute atomic E-state index is 14.0. The Balaban J connectivity index is 1.38. The Morgan fingerprint density at radius 2 is 2.04 bits per heavy atom. The normalized spacial score (nSPS) is 15.2. The summed E-state index contributed by atoms with van der Waals surface area (Å²) in [7, 11) is 1.74. The monoisotopic (exact) mass is 392 g/mol. The minimum atomic E-state index is -0.425. The van der Waals surface area contributed by atoms with Crippen molar-refractivity contribution in [2.45, 2.75) is 13.0 Å². The van der Waals surface area contributed by atoms with Crippen LogP contribution in [0, 0.1) is 11.6 Å². The fourth-order valence-corrected chi connectivity index (χ4v) is 3.16. The van der Waals surface area contributed by atoms with Crippen molar-refractivity contribution < 1.29 is 17.9 Å². The number of aliphatic imine (C=N–C) groups is 1. The third-order valence-electron chi connectivity index (χ3n) is 4.61. The van der Waals surface area contributed by atoms with Gasteiger partial charge in [-0.2, -0.15) is 0 Å². The van der Waals surface area contributed by atoms with Gasteiger partial charge in [-0.3, -0.25) is 4.99 Å². The number of nitrogens with one attached hydrogen (secondary N) is 1. The smallest absolute Gasteiger partial charge is 0.193 e. The summed E-state index contributed by atoms with van der Waals surface area (Å²) in [5.41, 5.74) is 0.316. The number of nitrogens with zero attached hydrogens (tertiary/aromatic N) is 3. The molecule has 1 aliphatic rings. The fourth-order valence-electron chi connectivity index (χ4n) is 3.16. The highest BCUT2D eigenvalue weighted by Gasteiger charge is 2.21. The molecule has 152 valence electrons. The number of anilines is 1. The van der Waals surface area contributed by atoms with Gasteiger partial charge in [0.1, 0.15) is 24.0 Å². The van der Waals surface area contributed by atoms with Crippen molar-refractivity contribution in [2.75, 3.05) is 51.3 Å².